The van der Waals surface area contributed by atoms with Gasteiger partial charge in [-0.05, 0) is 45.2 Å². The van der Waals surface area contributed by atoms with Gasteiger partial charge in [-0.1, -0.05) is 0 Å². The Morgan fingerprint density at radius 3 is 2.47 bits per heavy atom. The van der Waals surface area contributed by atoms with Crippen molar-refractivity contribution in [1.82, 2.24) is 9.80 Å². The summed E-state index contributed by atoms with van der Waals surface area (Å²) < 4.78 is 0. The van der Waals surface area contributed by atoms with Crippen LogP contribution in [0.5, 0.6) is 0 Å². The second-order valence-corrected chi connectivity index (χ2v) is 5.29. The largest absolute Gasteiger partial charge is 0.297 e. The lowest BCUT2D eigenvalue weighted by atomic mass is 9.99. The van der Waals surface area contributed by atoms with E-state index in [-0.39, 0.29) is 5.54 Å². The maximum atomic E-state index is 9.48. The van der Waals surface area contributed by atoms with Gasteiger partial charge in [0.25, 0.3) is 0 Å². The highest BCUT2D eigenvalue weighted by Crippen LogP contribution is 2.37. The molecule has 3 aliphatic rings. The summed E-state index contributed by atoms with van der Waals surface area (Å²) in [6.45, 7) is 4.45. The van der Waals surface area contributed by atoms with Crippen LogP contribution in [-0.2, 0) is 0 Å². The number of nitriles is 1. The fourth-order valence-electron chi connectivity index (χ4n) is 3.14. The van der Waals surface area contributed by atoms with Crippen LogP contribution in [-0.4, -0.2) is 47.6 Å². The number of likely N-dealkylation sites (tertiary alicyclic amines) is 2. The van der Waals surface area contributed by atoms with Crippen molar-refractivity contribution in [2.75, 3.05) is 26.2 Å². The molecule has 82 valence electrons. The van der Waals surface area contributed by atoms with Crippen LogP contribution < -0.4 is 0 Å². The molecule has 2 heterocycles. The molecule has 1 aliphatic carbocycles. The zero-order valence-electron chi connectivity index (χ0n) is 9.28. The van der Waals surface area contributed by atoms with Crippen molar-refractivity contribution in [1.29, 1.82) is 5.26 Å². The van der Waals surface area contributed by atoms with Crippen LogP contribution in [0, 0.1) is 11.3 Å². The summed E-state index contributed by atoms with van der Waals surface area (Å²) in [4.78, 5) is 4.98. The maximum Gasteiger partial charge on any atom is 0.123 e. The van der Waals surface area contributed by atoms with E-state index < -0.39 is 0 Å². The second-order valence-electron chi connectivity index (χ2n) is 5.29. The Labute approximate surface area is 91.6 Å². The third kappa shape index (κ3) is 1.56. The number of hydrogen-bond donors (Lipinski definition) is 0. The zero-order valence-corrected chi connectivity index (χ0v) is 9.28. The lowest BCUT2D eigenvalue weighted by molar-refractivity contribution is 0.171. The van der Waals surface area contributed by atoms with Crippen molar-refractivity contribution in [3.63, 3.8) is 0 Å². The highest BCUT2D eigenvalue weighted by atomic mass is 15.3. The maximum absolute atomic E-state index is 9.48. The van der Waals surface area contributed by atoms with Gasteiger partial charge in [0.05, 0.1) is 6.07 Å². The molecule has 0 N–H and O–H groups in total. The average molecular weight is 205 g/mol. The average Bonchev–Trinajstić information content (AvgIpc) is 2.84. The van der Waals surface area contributed by atoms with Gasteiger partial charge in [0, 0.05) is 19.1 Å². The predicted octanol–water partition coefficient (Wildman–Crippen LogP) is 1.21. The highest BCUT2D eigenvalue weighted by molar-refractivity contribution is 5.16. The molecule has 3 heteroatoms. The molecule has 2 aliphatic heterocycles. The summed E-state index contributed by atoms with van der Waals surface area (Å²) in [7, 11) is 0. The van der Waals surface area contributed by atoms with E-state index in [4.69, 9.17) is 0 Å². The van der Waals surface area contributed by atoms with Crippen molar-refractivity contribution in [3.8, 4) is 6.07 Å². The van der Waals surface area contributed by atoms with E-state index in [0.717, 1.165) is 38.6 Å². The van der Waals surface area contributed by atoms with Gasteiger partial charge in [0.2, 0.25) is 0 Å². The highest BCUT2D eigenvalue weighted by Gasteiger charge is 2.47. The van der Waals surface area contributed by atoms with Crippen molar-refractivity contribution in [3.05, 3.63) is 0 Å². The minimum absolute atomic E-state index is 0.126. The van der Waals surface area contributed by atoms with Crippen molar-refractivity contribution in [2.45, 2.75) is 43.7 Å². The van der Waals surface area contributed by atoms with Crippen molar-refractivity contribution >= 4 is 0 Å². The first-order valence-electron chi connectivity index (χ1n) is 6.24. The first kappa shape index (κ1) is 9.62. The molecule has 0 aromatic rings. The third-order valence-corrected chi connectivity index (χ3v) is 4.26. The number of rotatable bonds is 2. The Morgan fingerprint density at radius 2 is 1.87 bits per heavy atom. The molecule has 15 heavy (non-hydrogen) atoms. The smallest absolute Gasteiger partial charge is 0.123 e. The van der Waals surface area contributed by atoms with Gasteiger partial charge in [0.15, 0.2) is 0 Å². The van der Waals surface area contributed by atoms with Gasteiger partial charge in [-0.2, -0.15) is 5.26 Å². The molecule has 3 nitrogen and oxygen atoms in total. The molecule has 1 saturated carbocycles. The fourth-order valence-corrected chi connectivity index (χ4v) is 3.14. The Hall–Kier alpha value is -0.590. The van der Waals surface area contributed by atoms with E-state index in [1.165, 1.54) is 25.7 Å². The Bertz CT molecular complexity index is 286. The van der Waals surface area contributed by atoms with E-state index in [1.54, 1.807) is 0 Å². The van der Waals surface area contributed by atoms with Crippen LogP contribution in [0.3, 0.4) is 0 Å². The molecule has 0 spiro atoms. The van der Waals surface area contributed by atoms with Gasteiger partial charge in [0.1, 0.15) is 5.54 Å². The van der Waals surface area contributed by atoms with Crippen molar-refractivity contribution < 1.29 is 0 Å². The summed E-state index contributed by atoms with van der Waals surface area (Å²) in [5.74, 6) is 0. The lowest BCUT2D eigenvalue weighted by Crippen LogP contribution is -2.48. The van der Waals surface area contributed by atoms with Gasteiger partial charge in [-0.25, -0.2) is 0 Å². The first-order valence-corrected chi connectivity index (χ1v) is 6.24. The molecule has 1 unspecified atom stereocenters. The van der Waals surface area contributed by atoms with Gasteiger partial charge >= 0.3 is 0 Å². The monoisotopic (exact) mass is 205 g/mol. The van der Waals surface area contributed by atoms with Crippen LogP contribution in [0.1, 0.15) is 32.1 Å². The summed E-state index contributed by atoms with van der Waals surface area (Å²) in [6, 6.07) is 3.44. The third-order valence-electron chi connectivity index (χ3n) is 4.26. The molecule has 3 fully saturated rings. The molecule has 0 radical (unpaired) electrons. The molecular formula is C12H19N3. The van der Waals surface area contributed by atoms with Crippen LogP contribution in [0.15, 0.2) is 0 Å². The number of nitrogens with zero attached hydrogens (tertiary/aromatic N) is 3. The van der Waals surface area contributed by atoms with E-state index in [2.05, 4.69) is 15.9 Å². The van der Waals surface area contributed by atoms with Crippen LogP contribution in [0.2, 0.25) is 0 Å². The van der Waals surface area contributed by atoms with E-state index in [1.807, 2.05) is 0 Å². The molecule has 1 atom stereocenters. The summed E-state index contributed by atoms with van der Waals surface area (Å²) in [5.41, 5.74) is -0.126. The minimum Gasteiger partial charge on any atom is -0.297 e. The van der Waals surface area contributed by atoms with Gasteiger partial charge < -0.3 is 0 Å². The van der Waals surface area contributed by atoms with Crippen LogP contribution in [0.25, 0.3) is 0 Å². The van der Waals surface area contributed by atoms with E-state index >= 15 is 0 Å². The first-order chi connectivity index (χ1) is 7.34. The van der Waals surface area contributed by atoms with E-state index in [9.17, 15) is 5.26 Å². The van der Waals surface area contributed by atoms with E-state index in [0.29, 0.717) is 0 Å². The molecule has 2 saturated heterocycles. The van der Waals surface area contributed by atoms with Gasteiger partial charge in [-0.3, -0.25) is 9.80 Å². The molecular weight excluding hydrogens is 186 g/mol. The Kier molecular flexibility index (Phi) is 2.22. The normalized spacial score (nSPS) is 38.3. The summed E-state index contributed by atoms with van der Waals surface area (Å²) >= 11 is 0. The summed E-state index contributed by atoms with van der Waals surface area (Å²) in [5, 5.41) is 9.48. The zero-order chi connectivity index (χ0) is 10.3. The van der Waals surface area contributed by atoms with Crippen molar-refractivity contribution in [2.24, 2.45) is 0 Å². The molecule has 0 bridgehead atoms. The SMILES string of the molecule is N#CC1(N2CCCC2)CCN(C2CC2)C1. The summed E-state index contributed by atoms with van der Waals surface area (Å²) in [6.07, 6.45) is 6.36. The topological polar surface area (TPSA) is 30.3 Å². The Balaban J connectivity index is 1.73. The fraction of sp³-hybridized carbons (Fsp3) is 0.917. The lowest BCUT2D eigenvalue weighted by Gasteiger charge is -2.32. The minimum atomic E-state index is -0.126. The molecule has 0 amide bonds. The second kappa shape index (κ2) is 3.47. The van der Waals surface area contributed by atoms with Crippen LogP contribution >= 0.6 is 0 Å². The standard InChI is InChI=1S/C12H19N3/c13-9-12(15-6-1-2-7-15)5-8-14(10-12)11-3-4-11/h11H,1-8,10H2. The number of hydrogen-bond acceptors (Lipinski definition) is 3. The molecule has 0 aromatic carbocycles. The predicted molar refractivity (Wildman–Crippen MR) is 58.4 cm³/mol. The molecule has 0 aromatic heterocycles. The Morgan fingerprint density at radius 1 is 1.13 bits per heavy atom. The van der Waals surface area contributed by atoms with Gasteiger partial charge in [-0.15, -0.1) is 0 Å². The van der Waals surface area contributed by atoms with Crippen LogP contribution in [0.4, 0.5) is 0 Å². The molecule has 3 rings (SSSR count). The quantitative estimate of drug-likeness (QED) is 0.679.